The first kappa shape index (κ1) is 31.7. The van der Waals surface area contributed by atoms with Gasteiger partial charge in [0.25, 0.3) is 5.56 Å². The fourth-order valence-electron chi connectivity index (χ4n) is 6.61. The van der Waals surface area contributed by atoms with E-state index in [0.717, 1.165) is 25.6 Å². The number of phenolic OH excluding ortho intramolecular Hbond substituents is 1. The highest BCUT2D eigenvalue weighted by Gasteiger charge is 2.53. The zero-order valence-electron chi connectivity index (χ0n) is 24.4. The predicted molar refractivity (Wildman–Crippen MR) is 169 cm³/mol. The third-order valence-electron chi connectivity index (χ3n) is 8.69. The number of hydrazone groups is 1. The van der Waals surface area contributed by atoms with Crippen LogP contribution < -0.4 is 47.9 Å². The van der Waals surface area contributed by atoms with Gasteiger partial charge in [0.05, 0.1) is 45.3 Å². The van der Waals surface area contributed by atoms with E-state index in [1.165, 1.54) is 6.07 Å². The minimum Gasteiger partial charge on any atom is -0.510 e. The van der Waals surface area contributed by atoms with E-state index < -0.39 is 94.4 Å². The molecule has 7 rings (SSSR count). The number of halogens is 4. The monoisotopic (exact) mass is 739 g/mol. The van der Waals surface area contributed by atoms with Gasteiger partial charge in [-0.15, -0.1) is 0 Å². The Morgan fingerprint density at radius 2 is 1.69 bits per heavy atom. The molecule has 4 aliphatic carbocycles. The number of hydrogen-bond acceptors (Lipinski definition) is 13. The van der Waals surface area contributed by atoms with Crippen molar-refractivity contribution in [2.45, 2.75) is 24.4 Å². The van der Waals surface area contributed by atoms with Gasteiger partial charge in [-0.1, -0.05) is 0 Å². The van der Waals surface area contributed by atoms with Crippen molar-refractivity contribution in [1.82, 2.24) is 15.0 Å². The summed E-state index contributed by atoms with van der Waals surface area (Å²) in [5, 5.41) is 35.3. The first-order chi connectivity index (χ1) is 23.1. The molecule has 0 amide bonds. The highest BCUT2D eigenvalue weighted by atomic mass is 79.9. The normalized spacial score (nSPS) is 17.1. The molecule has 0 aliphatic heterocycles. The molecule has 1 aromatic carbocycles. The summed E-state index contributed by atoms with van der Waals surface area (Å²) in [7, 11) is 1.08. The number of anilines is 1. The van der Waals surface area contributed by atoms with Crippen LogP contribution in [0.3, 0.4) is 0 Å². The highest BCUT2D eigenvalue weighted by molar-refractivity contribution is 9.10. The van der Waals surface area contributed by atoms with Gasteiger partial charge in [0.15, 0.2) is 11.2 Å². The number of rotatable bonds is 4. The van der Waals surface area contributed by atoms with E-state index >= 15 is 0 Å². The fraction of sp³-hybridized carbons (Fsp3) is 0.161. The topological polar surface area (TPSA) is 221 Å². The fourth-order valence-corrected chi connectivity index (χ4v) is 7.32. The molecule has 2 aromatic heterocycles. The number of nitrogens with one attached hydrogen (secondary N) is 2. The number of aliphatic hydroxyl groups is 2. The van der Waals surface area contributed by atoms with Crippen LogP contribution >= 0.6 is 15.9 Å². The lowest BCUT2D eigenvalue weighted by molar-refractivity contribution is -0.141. The molecular weight excluding hydrogens is 723 g/mol. The number of ether oxygens (including phenoxy) is 1. The number of aromatic hydroxyl groups is 1. The highest BCUT2D eigenvalue weighted by Crippen LogP contribution is 2.56. The van der Waals surface area contributed by atoms with Crippen molar-refractivity contribution in [3.8, 4) is 11.5 Å². The van der Waals surface area contributed by atoms with Crippen LogP contribution in [0.1, 0.15) is 28.9 Å². The van der Waals surface area contributed by atoms with Gasteiger partial charge in [-0.05, 0) is 46.5 Å². The third kappa shape index (κ3) is 4.25. The van der Waals surface area contributed by atoms with Gasteiger partial charge in [0, 0.05) is 27.7 Å². The number of aliphatic hydroxyl groups excluding tert-OH is 2. The Balaban J connectivity index is 1.41. The summed E-state index contributed by atoms with van der Waals surface area (Å²) in [5.74, 6) is -3.40. The maximum atomic E-state index is 13.7. The van der Waals surface area contributed by atoms with Crippen LogP contribution in [-0.4, -0.2) is 43.6 Å². The number of benzene rings is 1. The van der Waals surface area contributed by atoms with Crippen molar-refractivity contribution in [3.63, 3.8) is 0 Å². The van der Waals surface area contributed by atoms with Gasteiger partial charge in [0.1, 0.15) is 28.4 Å². The third-order valence-corrected chi connectivity index (χ3v) is 9.60. The lowest BCUT2D eigenvalue weighted by atomic mass is 9.78. The van der Waals surface area contributed by atoms with Gasteiger partial charge in [-0.25, -0.2) is 15.4 Å². The Hall–Kier alpha value is -5.91. The van der Waals surface area contributed by atoms with E-state index in [4.69, 9.17) is 4.74 Å². The van der Waals surface area contributed by atoms with E-state index in [0.29, 0.717) is 6.07 Å². The van der Waals surface area contributed by atoms with Crippen molar-refractivity contribution in [3.05, 3.63) is 124 Å². The smallest absolute Gasteiger partial charge is 0.433 e. The van der Waals surface area contributed by atoms with Crippen LogP contribution in [0.4, 0.5) is 19.1 Å². The van der Waals surface area contributed by atoms with Gasteiger partial charge < -0.3 is 25.0 Å². The Morgan fingerprint density at radius 1 is 1.02 bits per heavy atom. The van der Waals surface area contributed by atoms with Crippen molar-refractivity contribution >= 4 is 50.4 Å². The van der Waals surface area contributed by atoms with E-state index in [-0.39, 0.29) is 44.9 Å². The molecular formula is C31H17BrF3N5O9. The maximum absolute atomic E-state index is 13.7. The van der Waals surface area contributed by atoms with Gasteiger partial charge in [0.2, 0.25) is 22.2 Å². The summed E-state index contributed by atoms with van der Waals surface area (Å²) in [5.41, 5.74) is -6.35. The number of aromatic amines is 1. The second-order valence-corrected chi connectivity index (χ2v) is 12.0. The summed E-state index contributed by atoms with van der Waals surface area (Å²) in [6.07, 6.45) is -2.99. The molecule has 3 aromatic rings. The van der Waals surface area contributed by atoms with E-state index in [9.17, 15) is 52.5 Å². The first-order valence-corrected chi connectivity index (χ1v) is 14.8. The molecule has 14 nitrogen and oxygen atoms in total. The van der Waals surface area contributed by atoms with Crippen molar-refractivity contribution in [2.75, 3.05) is 12.5 Å². The molecule has 49 heavy (non-hydrogen) atoms. The number of methoxy groups -OCH3 is 1. The van der Waals surface area contributed by atoms with Gasteiger partial charge in [-0.2, -0.15) is 18.3 Å². The summed E-state index contributed by atoms with van der Waals surface area (Å²) in [6.45, 7) is 0. The lowest BCUT2D eigenvalue weighted by Gasteiger charge is -2.27. The Labute approximate surface area is 275 Å². The molecule has 0 bridgehead atoms. The minimum atomic E-state index is -4.72. The first-order valence-electron chi connectivity index (χ1n) is 14.0. The number of nitrogens with zero attached hydrogens (tertiary/aromatic N) is 3. The van der Waals surface area contributed by atoms with E-state index in [1.54, 1.807) is 0 Å². The van der Waals surface area contributed by atoms with E-state index in [2.05, 4.69) is 41.4 Å². The second kappa shape index (κ2) is 10.5. The summed E-state index contributed by atoms with van der Waals surface area (Å²) in [6, 6.07) is 2.78. The molecule has 1 atom stereocenters. The molecule has 1 spiro atoms. The van der Waals surface area contributed by atoms with Gasteiger partial charge >= 0.3 is 6.18 Å². The molecule has 4 aliphatic rings. The van der Waals surface area contributed by atoms with Gasteiger partial charge in [-0.3, -0.25) is 24.0 Å². The number of H-pyrrole nitrogens is 1. The molecule has 18 heteroatoms. The predicted octanol–water partition coefficient (Wildman–Crippen LogP) is 0.531. The molecule has 0 unspecified atom stereocenters. The largest absolute Gasteiger partial charge is 0.510 e. The number of alkyl halides is 3. The Bertz CT molecular complexity index is 2850. The molecule has 0 fully saturated rings. The van der Waals surface area contributed by atoms with Crippen molar-refractivity contribution in [1.29, 1.82) is 0 Å². The Morgan fingerprint density at radius 3 is 2.35 bits per heavy atom. The average molecular weight is 740 g/mol. The van der Waals surface area contributed by atoms with Crippen LogP contribution in [0, 0.1) is 10.4 Å². The standard InChI is InChI=1S/C31H17BrF3N5O9/c1-49-13-7-12(41)16-17(22(13)42)24(44)19-18(23(16)43)26(46)30(27(19)47)4-2-10-20(30)25(45)15-11(21(10)32)6-9(38-28(15)48)8-37-40-29-36-5-3-14(39-29)31(33,34)35/h3,5-8,45-47H,2,4H2,1H3,(H,38,48)(H,36,39,40)/t30-/m0/s1. The Kier molecular flexibility index (Phi) is 6.82. The number of phenols is 1. The van der Waals surface area contributed by atoms with Crippen LogP contribution in [0.5, 0.6) is 11.5 Å². The molecule has 2 heterocycles. The molecule has 5 N–H and O–H groups in total. The lowest BCUT2D eigenvalue weighted by Crippen LogP contribution is -2.51. The van der Waals surface area contributed by atoms with E-state index in [1.807, 2.05) is 0 Å². The number of pyridine rings is 1. The summed E-state index contributed by atoms with van der Waals surface area (Å²) < 4.78 is 44.0. The number of hydrogen-bond donors (Lipinski definition) is 5. The SMILES string of the molecule is COc1cc(=O)c2c(=O)c3c(c(=O)c=2c1=O)=C(O)[C@]1(CCc2c1c(O)c1c(=O)[nH]c(C=NNc4nccc(C(F)(F)F)n4)cc1c2Br)C=3O. The van der Waals surface area contributed by atoms with Crippen LogP contribution in [0.25, 0.3) is 22.3 Å². The molecule has 0 saturated heterocycles. The summed E-state index contributed by atoms with van der Waals surface area (Å²) >= 11 is 3.42. The minimum absolute atomic E-state index is 0.0154. The summed E-state index contributed by atoms with van der Waals surface area (Å²) in [4.78, 5) is 75.9. The quantitative estimate of drug-likeness (QED) is 0.126. The number of fused-ring (bicyclic) bond motifs is 4. The average Bonchev–Trinajstić information content (AvgIpc) is 3.56. The van der Waals surface area contributed by atoms with Crippen LogP contribution in [0.15, 0.2) is 57.9 Å². The zero-order chi connectivity index (χ0) is 35.3. The molecule has 0 saturated carbocycles. The number of aromatic nitrogens is 3. The van der Waals surface area contributed by atoms with Crippen molar-refractivity contribution < 1.29 is 33.2 Å². The van der Waals surface area contributed by atoms with Crippen molar-refractivity contribution in [2.24, 2.45) is 5.10 Å². The van der Waals surface area contributed by atoms with Crippen LogP contribution in [-0.2, 0) is 18.0 Å². The van der Waals surface area contributed by atoms with Crippen LogP contribution in [0.2, 0.25) is 0 Å². The molecule has 0 radical (unpaired) electrons. The molecule has 248 valence electrons. The maximum Gasteiger partial charge on any atom is 0.433 e. The zero-order valence-corrected chi connectivity index (χ0v) is 26.0. The second-order valence-electron chi connectivity index (χ2n) is 11.2.